The number of primary amides is 1. The molecule has 0 aliphatic heterocycles. The Kier molecular flexibility index (Phi) is 10.2. The van der Waals surface area contributed by atoms with E-state index in [1.54, 1.807) is 0 Å². The molecule has 0 aromatic carbocycles. The molecular formula is C11H24N2O3. The van der Waals surface area contributed by atoms with Crippen LogP contribution in [0, 0.1) is 0 Å². The summed E-state index contributed by atoms with van der Waals surface area (Å²) in [7, 11) is 0. The molecule has 0 aliphatic carbocycles. The fourth-order valence-electron chi connectivity index (χ4n) is 1.41. The Morgan fingerprint density at radius 1 is 1.19 bits per heavy atom. The van der Waals surface area contributed by atoms with Gasteiger partial charge in [0.05, 0.1) is 0 Å². The molecule has 0 radical (unpaired) electrons. The van der Waals surface area contributed by atoms with Crippen molar-refractivity contribution in [2.45, 2.75) is 45.8 Å². The Morgan fingerprint density at radius 2 is 1.81 bits per heavy atom. The lowest BCUT2D eigenvalue weighted by Crippen LogP contribution is -2.30. The van der Waals surface area contributed by atoms with Crippen molar-refractivity contribution in [2.75, 3.05) is 19.8 Å². The standard InChI is InChI=1S/C11H24N2O3/c1-3-15-10(16-4-2)8-6-5-7-9-13-11(12)14/h10H,3-9H2,1-2H3,(H3,12,13,14). The summed E-state index contributed by atoms with van der Waals surface area (Å²) in [5.74, 6) is 0. The molecule has 5 heteroatoms. The van der Waals surface area contributed by atoms with Gasteiger partial charge in [-0.15, -0.1) is 0 Å². The molecule has 5 nitrogen and oxygen atoms in total. The van der Waals surface area contributed by atoms with Crippen LogP contribution in [0.25, 0.3) is 0 Å². The number of urea groups is 1. The highest BCUT2D eigenvalue weighted by Gasteiger charge is 2.06. The molecule has 0 aromatic rings. The second kappa shape index (κ2) is 10.7. The van der Waals surface area contributed by atoms with Crippen molar-refractivity contribution in [1.29, 1.82) is 0 Å². The predicted octanol–water partition coefficient (Wildman–Crippen LogP) is 1.61. The van der Waals surface area contributed by atoms with Gasteiger partial charge < -0.3 is 20.5 Å². The van der Waals surface area contributed by atoms with Crippen LogP contribution in [-0.4, -0.2) is 32.1 Å². The minimum Gasteiger partial charge on any atom is -0.353 e. The maximum atomic E-state index is 10.4. The van der Waals surface area contributed by atoms with Crippen molar-refractivity contribution >= 4 is 6.03 Å². The second-order valence-electron chi connectivity index (χ2n) is 3.48. The molecule has 0 fully saturated rings. The van der Waals surface area contributed by atoms with E-state index in [1.165, 1.54) is 0 Å². The highest BCUT2D eigenvalue weighted by Crippen LogP contribution is 2.08. The zero-order chi connectivity index (χ0) is 12.2. The molecule has 0 saturated heterocycles. The molecule has 3 N–H and O–H groups in total. The zero-order valence-electron chi connectivity index (χ0n) is 10.3. The lowest BCUT2D eigenvalue weighted by Gasteiger charge is -2.16. The number of nitrogens with two attached hydrogens (primary N) is 1. The maximum Gasteiger partial charge on any atom is 0.312 e. The van der Waals surface area contributed by atoms with E-state index in [2.05, 4.69) is 5.32 Å². The van der Waals surface area contributed by atoms with E-state index in [1.807, 2.05) is 13.8 Å². The maximum absolute atomic E-state index is 10.4. The Morgan fingerprint density at radius 3 is 2.31 bits per heavy atom. The van der Waals surface area contributed by atoms with Crippen LogP contribution in [-0.2, 0) is 9.47 Å². The van der Waals surface area contributed by atoms with E-state index in [-0.39, 0.29) is 6.29 Å². The quantitative estimate of drug-likeness (QED) is 0.444. The largest absolute Gasteiger partial charge is 0.353 e. The van der Waals surface area contributed by atoms with Gasteiger partial charge in [-0.1, -0.05) is 6.42 Å². The van der Waals surface area contributed by atoms with Crippen molar-refractivity contribution < 1.29 is 14.3 Å². The summed E-state index contributed by atoms with van der Waals surface area (Å²) in [6.07, 6.45) is 3.83. The van der Waals surface area contributed by atoms with Crippen LogP contribution >= 0.6 is 0 Å². The smallest absolute Gasteiger partial charge is 0.312 e. The third kappa shape index (κ3) is 9.73. The predicted molar refractivity (Wildman–Crippen MR) is 63.1 cm³/mol. The van der Waals surface area contributed by atoms with Crippen molar-refractivity contribution in [1.82, 2.24) is 5.32 Å². The monoisotopic (exact) mass is 232 g/mol. The van der Waals surface area contributed by atoms with Gasteiger partial charge >= 0.3 is 6.03 Å². The van der Waals surface area contributed by atoms with Crippen LogP contribution in [0.15, 0.2) is 0 Å². The van der Waals surface area contributed by atoms with Crippen LogP contribution in [0.2, 0.25) is 0 Å². The van der Waals surface area contributed by atoms with E-state index >= 15 is 0 Å². The molecule has 2 amide bonds. The lowest BCUT2D eigenvalue weighted by atomic mass is 10.2. The number of nitrogens with one attached hydrogen (secondary N) is 1. The summed E-state index contributed by atoms with van der Waals surface area (Å²) in [4.78, 5) is 10.4. The third-order valence-corrected chi connectivity index (χ3v) is 2.12. The number of unbranched alkanes of at least 4 members (excludes halogenated alkanes) is 2. The average molecular weight is 232 g/mol. The fraction of sp³-hybridized carbons (Fsp3) is 0.909. The minimum absolute atomic E-state index is 0.0842. The molecule has 16 heavy (non-hydrogen) atoms. The number of amides is 2. The van der Waals surface area contributed by atoms with Crippen molar-refractivity contribution in [2.24, 2.45) is 5.73 Å². The van der Waals surface area contributed by atoms with Gasteiger partial charge in [-0.05, 0) is 33.1 Å². The van der Waals surface area contributed by atoms with Crippen molar-refractivity contribution in [3.8, 4) is 0 Å². The second-order valence-corrected chi connectivity index (χ2v) is 3.48. The first-order chi connectivity index (χ1) is 7.70. The van der Waals surface area contributed by atoms with E-state index in [9.17, 15) is 4.79 Å². The van der Waals surface area contributed by atoms with Crippen LogP contribution in [0.1, 0.15) is 39.5 Å². The van der Waals surface area contributed by atoms with E-state index < -0.39 is 6.03 Å². The minimum atomic E-state index is -0.457. The highest BCUT2D eigenvalue weighted by molar-refractivity contribution is 5.71. The molecule has 0 aromatic heterocycles. The molecule has 0 rings (SSSR count). The summed E-state index contributed by atoms with van der Waals surface area (Å²) < 4.78 is 10.8. The number of carbonyl (C=O) groups is 1. The van der Waals surface area contributed by atoms with Gasteiger partial charge in [-0.2, -0.15) is 0 Å². The van der Waals surface area contributed by atoms with Gasteiger partial charge in [0, 0.05) is 19.8 Å². The van der Waals surface area contributed by atoms with Crippen LogP contribution in [0.3, 0.4) is 0 Å². The summed E-state index contributed by atoms with van der Waals surface area (Å²) >= 11 is 0. The Balaban J connectivity index is 3.35. The van der Waals surface area contributed by atoms with Crippen molar-refractivity contribution in [3.63, 3.8) is 0 Å². The number of carbonyl (C=O) groups excluding carboxylic acids is 1. The molecule has 0 atom stereocenters. The van der Waals surface area contributed by atoms with Gasteiger partial charge in [0.2, 0.25) is 0 Å². The Bertz CT molecular complexity index is 171. The molecule has 0 aliphatic rings. The van der Waals surface area contributed by atoms with Crippen molar-refractivity contribution in [3.05, 3.63) is 0 Å². The van der Waals surface area contributed by atoms with Gasteiger partial charge in [0.25, 0.3) is 0 Å². The SMILES string of the molecule is CCOC(CCCCCNC(N)=O)OCC. The molecule has 0 heterocycles. The van der Waals surface area contributed by atoms with Gasteiger partial charge in [0.1, 0.15) is 0 Å². The average Bonchev–Trinajstić information content (AvgIpc) is 2.23. The van der Waals surface area contributed by atoms with Crippen LogP contribution in [0.5, 0.6) is 0 Å². The summed E-state index contributed by atoms with van der Waals surface area (Å²) in [6, 6.07) is -0.457. The molecule has 0 saturated carbocycles. The Hall–Kier alpha value is -0.810. The normalized spacial score (nSPS) is 10.7. The number of rotatable bonds is 10. The van der Waals surface area contributed by atoms with E-state index in [0.29, 0.717) is 19.8 Å². The van der Waals surface area contributed by atoms with E-state index in [0.717, 1.165) is 25.7 Å². The fourth-order valence-corrected chi connectivity index (χ4v) is 1.41. The van der Waals surface area contributed by atoms with Crippen LogP contribution in [0.4, 0.5) is 4.79 Å². The number of hydrogen-bond acceptors (Lipinski definition) is 3. The molecule has 0 unspecified atom stereocenters. The first kappa shape index (κ1) is 15.2. The number of hydrogen-bond donors (Lipinski definition) is 2. The molecule has 96 valence electrons. The third-order valence-electron chi connectivity index (χ3n) is 2.12. The summed E-state index contributed by atoms with van der Waals surface area (Å²) in [5, 5.41) is 2.56. The molecular weight excluding hydrogens is 208 g/mol. The van der Waals surface area contributed by atoms with Crippen LogP contribution < -0.4 is 11.1 Å². The van der Waals surface area contributed by atoms with Gasteiger partial charge in [-0.25, -0.2) is 4.79 Å². The highest BCUT2D eigenvalue weighted by atomic mass is 16.7. The topological polar surface area (TPSA) is 73.6 Å². The lowest BCUT2D eigenvalue weighted by molar-refractivity contribution is -0.140. The summed E-state index contributed by atoms with van der Waals surface area (Å²) in [5.41, 5.74) is 4.94. The Labute approximate surface area is 97.7 Å². The molecule has 0 spiro atoms. The number of ether oxygens (including phenoxy) is 2. The van der Waals surface area contributed by atoms with Gasteiger partial charge in [0.15, 0.2) is 6.29 Å². The first-order valence-electron chi connectivity index (χ1n) is 5.97. The van der Waals surface area contributed by atoms with E-state index in [4.69, 9.17) is 15.2 Å². The van der Waals surface area contributed by atoms with Gasteiger partial charge in [-0.3, -0.25) is 0 Å². The zero-order valence-corrected chi connectivity index (χ0v) is 10.3. The summed E-state index contributed by atoms with van der Waals surface area (Å²) in [6.45, 7) is 5.91. The molecule has 0 bridgehead atoms. The first-order valence-corrected chi connectivity index (χ1v) is 5.97.